The predicted molar refractivity (Wildman–Crippen MR) is 91.8 cm³/mol. The van der Waals surface area contributed by atoms with Gasteiger partial charge in [-0.3, -0.25) is 4.79 Å². The van der Waals surface area contributed by atoms with Crippen LogP contribution in [0.3, 0.4) is 0 Å². The van der Waals surface area contributed by atoms with Crippen LogP contribution < -0.4 is 9.47 Å². The predicted octanol–water partition coefficient (Wildman–Crippen LogP) is 1.07. The van der Waals surface area contributed by atoms with Gasteiger partial charge in [-0.05, 0) is 18.2 Å². The molecule has 1 fully saturated rings. The number of ether oxygens (including phenoxy) is 4. The van der Waals surface area contributed by atoms with E-state index >= 15 is 0 Å². The number of hydrogen-bond acceptors (Lipinski definition) is 8. The minimum atomic E-state index is -0.198. The summed E-state index contributed by atoms with van der Waals surface area (Å²) in [5.74, 6) is 2.17. The molecular weight excluding hydrogens is 354 g/mol. The Hall–Kier alpha value is -2.65. The number of fused-ring (bicyclic) bond motifs is 1. The highest BCUT2D eigenvalue weighted by atomic mass is 16.6. The number of amides is 1. The fourth-order valence-corrected chi connectivity index (χ4v) is 3.14. The average Bonchev–Trinajstić information content (AvgIpc) is 3.14. The molecule has 1 amide bonds. The molecule has 1 atom stereocenters. The molecule has 1 aromatic heterocycles. The van der Waals surface area contributed by atoms with Gasteiger partial charge in [0.15, 0.2) is 17.3 Å². The summed E-state index contributed by atoms with van der Waals surface area (Å²) >= 11 is 0. The van der Waals surface area contributed by atoms with Crippen molar-refractivity contribution in [2.24, 2.45) is 0 Å². The molecule has 0 spiro atoms. The zero-order chi connectivity index (χ0) is 18.6. The first-order chi connectivity index (χ1) is 13.2. The summed E-state index contributed by atoms with van der Waals surface area (Å²) < 4.78 is 27.0. The van der Waals surface area contributed by atoms with Gasteiger partial charge < -0.3 is 28.4 Å². The molecule has 0 unspecified atom stereocenters. The smallest absolute Gasteiger partial charge is 0.254 e. The van der Waals surface area contributed by atoms with Gasteiger partial charge in [0.25, 0.3) is 5.91 Å². The maximum atomic E-state index is 12.9. The third-order valence-corrected chi connectivity index (χ3v) is 4.40. The van der Waals surface area contributed by atoms with E-state index in [0.717, 1.165) is 0 Å². The number of morpholine rings is 1. The van der Waals surface area contributed by atoms with Gasteiger partial charge in [0, 0.05) is 25.8 Å². The molecule has 1 aromatic carbocycles. The zero-order valence-electron chi connectivity index (χ0n) is 15.1. The Balaban J connectivity index is 1.40. The fourth-order valence-electron chi connectivity index (χ4n) is 3.14. The highest BCUT2D eigenvalue weighted by Gasteiger charge is 2.27. The van der Waals surface area contributed by atoms with Crippen molar-refractivity contribution in [3.8, 4) is 11.5 Å². The summed E-state index contributed by atoms with van der Waals surface area (Å²) in [6, 6.07) is 5.26. The second-order valence-electron chi connectivity index (χ2n) is 6.34. The van der Waals surface area contributed by atoms with E-state index in [0.29, 0.717) is 74.7 Å². The van der Waals surface area contributed by atoms with Crippen LogP contribution >= 0.6 is 0 Å². The number of benzene rings is 1. The third-order valence-electron chi connectivity index (χ3n) is 4.40. The first-order valence-electron chi connectivity index (χ1n) is 8.84. The second-order valence-corrected chi connectivity index (χ2v) is 6.34. The summed E-state index contributed by atoms with van der Waals surface area (Å²) in [4.78, 5) is 18.9. The summed E-state index contributed by atoms with van der Waals surface area (Å²) in [7, 11) is 1.57. The van der Waals surface area contributed by atoms with Gasteiger partial charge in [-0.25, -0.2) is 0 Å². The van der Waals surface area contributed by atoms with Crippen LogP contribution in [0.1, 0.15) is 22.1 Å². The van der Waals surface area contributed by atoms with Crippen molar-refractivity contribution < 1.29 is 28.3 Å². The zero-order valence-corrected chi connectivity index (χ0v) is 15.1. The Morgan fingerprint density at radius 1 is 1.26 bits per heavy atom. The average molecular weight is 375 g/mol. The van der Waals surface area contributed by atoms with Crippen LogP contribution in [0, 0.1) is 0 Å². The van der Waals surface area contributed by atoms with Crippen LogP contribution in [0.4, 0.5) is 0 Å². The topological polar surface area (TPSA) is 96.2 Å². The van der Waals surface area contributed by atoms with Crippen LogP contribution in [-0.4, -0.2) is 67.1 Å². The van der Waals surface area contributed by atoms with Crippen molar-refractivity contribution in [1.82, 2.24) is 15.0 Å². The van der Waals surface area contributed by atoms with E-state index in [1.165, 1.54) is 0 Å². The summed E-state index contributed by atoms with van der Waals surface area (Å²) in [6.45, 7) is 2.74. The Kier molecular flexibility index (Phi) is 5.21. The lowest BCUT2D eigenvalue weighted by Gasteiger charge is -2.32. The molecule has 0 saturated carbocycles. The molecule has 0 radical (unpaired) electrons. The van der Waals surface area contributed by atoms with Crippen LogP contribution in [0.15, 0.2) is 22.7 Å². The lowest BCUT2D eigenvalue weighted by atomic mass is 10.1. The lowest BCUT2D eigenvalue weighted by Crippen LogP contribution is -2.46. The summed E-state index contributed by atoms with van der Waals surface area (Å²) in [5, 5.41) is 3.84. The van der Waals surface area contributed by atoms with Gasteiger partial charge in [-0.15, -0.1) is 0 Å². The lowest BCUT2D eigenvalue weighted by molar-refractivity contribution is -0.0237. The molecule has 0 aliphatic carbocycles. The first kappa shape index (κ1) is 17.7. The Labute approximate surface area is 156 Å². The van der Waals surface area contributed by atoms with Crippen LogP contribution in [0.2, 0.25) is 0 Å². The number of aromatic nitrogens is 2. The van der Waals surface area contributed by atoms with E-state index in [9.17, 15) is 4.79 Å². The minimum Gasteiger partial charge on any atom is -0.486 e. The fraction of sp³-hybridized carbons (Fsp3) is 0.500. The van der Waals surface area contributed by atoms with E-state index in [2.05, 4.69) is 10.1 Å². The minimum absolute atomic E-state index is 0.0640. The van der Waals surface area contributed by atoms with Crippen molar-refractivity contribution in [2.45, 2.75) is 19.1 Å². The van der Waals surface area contributed by atoms with Crippen molar-refractivity contribution >= 4 is 5.91 Å². The quantitative estimate of drug-likeness (QED) is 0.766. The highest BCUT2D eigenvalue weighted by molar-refractivity contribution is 5.95. The molecule has 2 aromatic rings. The maximum absolute atomic E-state index is 12.9. The molecule has 27 heavy (non-hydrogen) atoms. The molecule has 0 bridgehead atoms. The molecule has 0 N–H and O–H groups in total. The molecule has 4 rings (SSSR count). The van der Waals surface area contributed by atoms with E-state index in [4.69, 9.17) is 23.5 Å². The van der Waals surface area contributed by atoms with Crippen LogP contribution in [0.25, 0.3) is 0 Å². The Morgan fingerprint density at radius 2 is 2.11 bits per heavy atom. The summed E-state index contributed by atoms with van der Waals surface area (Å²) in [5.41, 5.74) is 0.570. The van der Waals surface area contributed by atoms with Gasteiger partial charge in [0.1, 0.15) is 19.8 Å². The number of hydrogen-bond donors (Lipinski definition) is 0. The molecule has 9 heteroatoms. The molecule has 9 nitrogen and oxygen atoms in total. The first-order valence-corrected chi connectivity index (χ1v) is 8.84. The molecule has 2 aliphatic rings. The van der Waals surface area contributed by atoms with E-state index in [1.54, 1.807) is 30.2 Å². The Bertz CT molecular complexity index is 808. The van der Waals surface area contributed by atoms with Crippen LogP contribution in [-0.2, 0) is 22.5 Å². The monoisotopic (exact) mass is 375 g/mol. The molecule has 144 valence electrons. The standard InChI is InChI=1S/C18H21N3O6/c1-23-11-16-19-17(27-20-16)9-13-10-21(4-5-24-13)18(22)12-2-3-14-15(8-12)26-7-6-25-14/h2-3,8,13H,4-7,9-11H2,1H3/t13-/m1/s1. The number of carbonyl (C=O) groups excluding carboxylic acids is 1. The second kappa shape index (κ2) is 7.93. The number of carbonyl (C=O) groups is 1. The van der Waals surface area contributed by atoms with Gasteiger partial charge in [0.2, 0.25) is 5.89 Å². The van der Waals surface area contributed by atoms with E-state index in [-0.39, 0.29) is 12.0 Å². The maximum Gasteiger partial charge on any atom is 0.254 e. The van der Waals surface area contributed by atoms with Gasteiger partial charge in [-0.2, -0.15) is 4.98 Å². The summed E-state index contributed by atoms with van der Waals surface area (Å²) in [6.07, 6.45) is 0.248. The molecule has 3 heterocycles. The molecular formula is C18H21N3O6. The van der Waals surface area contributed by atoms with E-state index in [1.807, 2.05) is 0 Å². The molecule has 2 aliphatic heterocycles. The van der Waals surface area contributed by atoms with Gasteiger partial charge in [0.05, 0.1) is 19.1 Å². The highest BCUT2D eigenvalue weighted by Crippen LogP contribution is 2.31. The van der Waals surface area contributed by atoms with Gasteiger partial charge in [-0.1, -0.05) is 5.16 Å². The van der Waals surface area contributed by atoms with Gasteiger partial charge >= 0.3 is 0 Å². The largest absolute Gasteiger partial charge is 0.486 e. The number of methoxy groups -OCH3 is 1. The molecule has 1 saturated heterocycles. The van der Waals surface area contributed by atoms with E-state index < -0.39 is 0 Å². The number of rotatable bonds is 5. The third kappa shape index (κ3) is 4.04. The van der Waals surface area contributed by atoms with Crippen molar-refractivity contribution in [1.29, 1.82) is 0 Å². The van der Waals surface area contributed by atoms with Crippen molar-refractivity contribution in [3.63, 3.8) is 0 Å². The normalized spacial score (nSPS) is 19.1. The van der Waals surface area contributed by atoms with Crippen molar-refractivity contribution in [2.75, 3.05) is 40.0 Å². The number of nitrogens with zero attached hydrogens (tertiary/aromatic N) is 3. The SMILES string of the molecule is COCc1noc(C[C@@H]2CN(C(=O)c3ccc4c(c3)OCCO4)CCO2)n1. The van der Waals surface area contributed by atoms with Crippen LogP contribution in [0.5, 0.6) is 11.5 Å². The van der Waals surface area contributed by atoms with Crippen molar-refractivity contribution in [3.05, 3.63) is 35.5 Å². The Morgan fingerprint density at radius 3 is 2.96 bits per heavy atom.